The van der Waals surface area contributed by atoms with Gasteiger partial charge >= 0.3 is 0 Å². The van der Waals surface area contributed by atoms with Crippen molar-refractivity contribution < 1.29 is 0 Å². The standard InChI is InChI=1S/C15H24N2/c1-5-15(2,3)17(4)14-10-6-9-13-12(14)8-7-11-16-13/h6,9-10,16H,5,7-8,11H2,1-4H3. The van der Waals surface area contributed by atoms with E-state index in [0.717, 1.165) is 13.0 Å². The summed E-state index contributed by atoms with van der Waals surface area (Å²) in [6.45, 7) is 7.98. The van der Waals surface area contributed by atoms with Crippen LogP contribution in [0.1, 0.15) is 39.2 Å². The van der Waals surface area contributed by atoms with Crippen LogP contribution in [0.4, 0.5) is 11.4 Å². The maximum absolute atomic E-state index is 3.50. The summed E-state index contributed by atoms with van der Waals surface area (Å²) in [6, 6.07) is 6.61. The smallest absolute Gasteiger partial charge is 0.0421 e. The molecule has 0 bridgehead atoms. The fourth-order valence-electron chi connectivity index (χ4n) is 2.37. The molecule has 1 aromatic carbocycles. The number of hydrogen-bond donors (Lipinski definition) is 1. The van der Waals surface area contributed by atoms with Gasteiger partial charge in [-0.1, -0.05) is 13.0 Å². The van der Waals surface area contributed by atoms with Gasteiger partial charge in [0, 0.05) is 30.5 Å². The van der Waals surface area contributed by atoms with Gasteiger partial charge in [0.15, 0.2) is 0 Å². The van der Waals surface area contributed by atoms with Crippen LogP contribution in [0.3, 0.4) is 0 Å². The van der Waals surface area contributed by atoms with Gasteiger partial charge in [-0.25, -0.2) is 0 Å². The molecule has 2 nitrogen and oxygen atoms in total. The average Bonchev–Trinajstić information content (AvgIpc) is 2.37. The zero-order valence-electron chi connectivity index (χ0n) is 11.5. The molecule has 0 unspecified atom stereocenters. The Balaban J connectivity index is 2.39. The molecule has 0 fully saturated rings. The first-order chi connectivity index (χ1) is 8.06. The van der Waals surface area contributed by atoms with E-state index < -0.39 is 0 Å². The molecule has 2 rings (SSSR count). The summed E-state index contributed by atoms with van der Waals surface area (Å²) in [6.07, 6.45) is 3.59. The van der Waals surface area contributed by atoms with Crippen molar-refractivity contribution in [2.24, 2.45) is 0 Å². The zero-order chi connectivity index (χ0) is 12.5. The van der Waals surface area contributed by atoms with E-state index in [0.29, 0.717) is 0 Å². The maximum Gasteiger partial charge on any atom is 0.0421 e. The highest BCUT2D eigenvalue weighted by atomic mass is 15.2. The first kappa shape index (κ1) is 12.3. The largest absolute Gasteiger partial charge is 0.385 e. The number of nitrogens with one attached hydrogen (secondary N) is 1. The van der Waals surface area contributed by atoms with Gasteiger partial charge in [0.2, 0.25) is 0 Å². The zero-order valence-corrected chi connectivity index (χ0v) is 11.5. The highest BCUT2D eigenvalue weighted by molar-refractivity contribution is 5.68. The molecule has 0 spiro atoms. The van der Waals surface area contributed by atoms with Gasteiger partial charge in [0.25, 0.3) is 0 Å². The lowest BCUT2D eigenvalue weighted by molar-refractivity contribution is 0.469. The van der Waals surface area contributed by atoms with E-state index >= 15 is 0 Å². The molecule has 1 aromatic rings. The maximum atomic E-state index is 3.50. The van der Waals surface area contributed by atoms with Crippen molar-refractivity contribution in [3.05, 3.63) is 23.8 Å². The van der Waals surface area contributed by atoms with Crippen LogP contribution >= 0.6 is 0 Å². The summed E-state index contributed by atoms with van der Waals surface area (Å²) in [5.74, 6) is 0. The third-order valence-corrected chi connectivity index (χ3v) is 4.20. The molecule has 0 saturated heterocycles. The first-order valence-corrected chi connectivity index (χ1v) is 6.66. The monoisotopic (exact) mass is 232 g/mol. The van der Waals surface area contributed by atoms with E-state index in [1.807, 2.05) is 0 Å². The van der Waals surface area contributed by atoms with E-state index in [2.05, 4.69) is 56.2 Å². The van der Waals surface area contributed by atoms with Gasteiger partial charge in [-0.3, -0.25) is 0 Å². The summed E-state index contributed by atoms with van der Waals surface area (Å²) in [5.41, 5.74) is 4.42. The molecule has 0 atom stereocenters. The van der Waals surface area contributed by atoms with E-state index in [1.54, 1.807) is 0 Å². The van der Waals surface area contributed by atoms with Crippen LogP contribution in [-0.2, 0) is 6.42 Å². The molecule has 0 radical (unpaired) electrons. The van der Waals surface area contributed by atoms with E-state index in [4.69, 9.17) is 0 Å². The Labute approximate surface area is 105 Å². The van der Waals surface area contributed by atoms with Crippen LogP contribution in [0.25, 0.3) is 0 Å². The SMILES string of the molecule is CCC(C)(C)N(C)c1cccc2c1CCCN2. The van der Waals surface area contributed by atoms with E-state index in [-0.39, 0.29) is 5.54 Å². The fraction of sp³-hybridized carbons (Fsp3) is 0.600. The van der Waals surface area contributed by atoms with Crippen LogP contribution in [0.5, 0.6) is 0 Å². The second-order valence-electron chi connectivity index (χ2n) is 5.56. The van der Waals surface area contributed by atoms with Crippen LogP contribution in [-0.4, -0.2) is 19.1 Å². The van der Waals surface area contributed by atoms with E-state index in [1.165, 1.54) is 29.8 Å². The second-order valence-corrected chi connectivity index (χ2v) is 5.56. The summed E-state index contributed by atoms with van der Waals surface area (Å²) >= 11 is 0. The number of fused-ring (bicyclic) bond motifs is 1. The molecule has 0 aliphatic carbocycles. The minimum atomic E-state index is 0.215. The quantitative estimate of drug-likeness (QED) is 0.855. The van der Waals surface area contributed by atoms with Gasteiger partial charge in [-0.05, 0) is 50.8 Å². The van der Waals surface area contributed by atoms with Crippen molar-refractivity contribution >= 4 is 11.4 Å². The summed E-state index contributed by atoms with van der Waals surface area (Å²) in [4.78, 5) is 2.43. The number of rotatable bonds is 3. The Hall–Kier alpha value is -1.18. The predicted octanol–water partition coefficient (Wildman–Crippen LogP) is 3.67. The number of nitrogens with zero attached hydrogens (tertiary/aromatic N) is 1. The molecular weight excluding hydrogens is 208 g/mol. The van der Waals surface area contributed by atoms with Crippen molar-refractivity contribution in [3.63, 3.8) is 0 Å². The average molecular weight is 232 g/mol. The number of benzene rings is 1. The molecule has 1 aliphatic rings. The fourth-order valence-corrected chi connectivity index (χ4v) is 2.37. The molecule has 94 valence electrons. The second kappa shape index (κ2) is 4.59. The summed E-state index contributed by atoms with van der Waals surface area (Å²) in [7, 11) is 2.22. The van der Waals surface area contributed by atoms with Crippen molar-refractivity contribution in [3.8, 4) is 0 Å². The molecule has 2 heteroatoms. The molecular formula is C15H24N2. The van der Waals surface area contributed by atoms with Crippen LogP contribution in [0.2, 0.25) is 0 Å². The molecule has 1 heterocycles. The third-order valence-electron chi connectivity index (χ3n) is 4.20. The van der Waals surface area contributed by atoms with Crippen molar-refractivity contribution in [2.45, 2.75) is 45.6 Å². The highest BCUT2D eigenvalue weighted by Crippen LogP contribution is 2.34. The van der Waals surface area contributed by atoms with Gasteiger partial charge < -0.3 is 10.2 Å². The minimum absolute atomic E-state index is 0.215. The molecule has 1 N–H and O–H groups in total. The van der Waals surface area contributed by atoms with Gasteiger partial charge in [-0.15, -0.1) is 0 Å². The topological polar surface area (TPSA) is 15.3 Å². The lowest BCUT2D eigenvalue weighted by atomic mass is 9.95. The molecule has 0 saturated carbocycles. The Morgan fingerprint density at radius 3 is 2.82 bits per heavy atom. The lowest BCUT2D eigenvalue weighted by Crippen LogP contribution is -2.41. The molecule has 0 amide bonds. The third kappa shape index (κ3) is 2.26. The minimum Gasteiger partial charge on any atom is -0.385 e. The predicted molar refractivity (Wildman–Crippen MR) is 76.0 cm³/mol. The van der Waals surface area contributed by atoms with Crippen LogP contribution in [0.15, 0.2) is 18.2 Å². The number of hydrogen-bond acceptors (Lipinski definition) is 2. The Morgan fingerprint density at radius 1 is 1.35 bits per heavy atom. The number of anilines is 2. The molecule has 0 aromatic heterocycles. The lowest BCUT2D eigenvalue weighted by Gasteiger charge is -2.39. The van der Waals surface area contributed by atoms with Gasteiger partial charge in [-0.2, -0.15) is 0 Å². The van der Waals surface area contributed by atoms with E-state index in [9.17, 15) is 0 Å². The molecule has 1 aliphatic heterocycles. The van der Waals surface area contributed by atoms with Crippen molar-refractivity contribution in [2.75, 3.05) is 23.8 Å². The summed E-state index contributed by atoms with van der Waals surface area (Å²) < 4.78 is 0. The highest BCUT2D eigenvalue weighted by Gasteiger charge is 2.24. The normalized spacial score (nSPS) is 15.1. The van der Waals surface area contributed by atoms with Gasteiger partial charge in [0.05, 0.1) is 0 Å². The molecule has 17 heavy (non-hydrogen) atoms. The van der Waals surface area contributed by atoms with Crippen molar-refractivity contribution in [1.29, 1.82) is 0 Å². The Morgan fingerprint density at radius 2 is 2.12 bits per heavy atom. The Bertz CT molecular complexity index is 396. The first-order valence-electron chi connectivity index (χ1n) is 6.66. The van der Waals surface area contributed by atoms with Crippen molar-refractivity contribution in [1.82, 2.24) is 0 Å². The van der Waals surface area contributed by atoms with Crippen LogP contribution < -0.4 is 10.2 Å². The van der Waals surface area contributed by atoms with Gasteiger partial charge in [0.1, 0.15) is 0 Å². The summed E-state index contributed by atoms with van der Waals surface area (Å²) in [5, 5.41) is 3.50. The van der Waals surface area contributed by atoms with Crippen LogP contribution in [0, 0.1) is 0 Å². The Kier molecular flexibility index (Phi) is 3.32.